The Morgan fingerprint density at radius 3 is 1.56 bits per heavy atom. The van der Waals surface area contributed by atoms with E-state index in [2.05, 4.69) is 0 Å². The van der Waals surface area contributed by atoms with Crippen LogP contribution < -0.4 is 0 Å². The molecule has 0 bridgehead atoms. The highest BCUT2D eigenvalue weighted by Crippen LogP contribution is 1.97. The van der Waals surface area contributed by atoms with Gasteiger partial charge in [-0.3, -0.25) is 0 Å². The summed E-state index contributed by atoms with van der Waals surface area (Å²) in [5, 5.41) is 0. The van der Waals surface area contributed by atoms with Gasteiger partial charge in [-0.05, 0) is 40.5 Å². The van der Waals surface area contributed by atoms with Crippen LogP contribution in [0.2, 0.25) is 0 Å². The predicted molar refractivity (Wildman–Crippen MR) is 65.4 cm³/mol. The second kappa shape index (κ2) is 9.01. The van der Waals surface area contributed by atoms with E-state index in [1.54, 1.807) is 0 Å². The fourth-order valence-corrected chi connectivity index (χ4v) is 1.02. The molecule has 0 atom stereocenters. The number of rotatable bonds is 6. The Morgan fingerprint density at radius 1 is 0.875 bits per heavy atom. The highest BCUT2D eigenvalue weighted by molar-refractivity contribution is 5.59. The molecule has 0 aliphatic heterocycles. The van der Waals surface area contributed by atoms with Crippen LogP contribution in [0.5, 0.6) is 0 Å². The quantitative estimate of drug-likeness (QED) is 0.392. The van der Waals surface area contributed by atoms with E-state index < -0.39 is 6.16 Å². The van der Waals surface area contributed by atoms with Gasteiger partial charge in [0.25, 0.3) is 0 Å². The summed E-state index contributed by atoms with van der Waals surface area (Å²) in [5.74, 6) is 0. The largest absolute Gasteiger partial charge is 0.508 e. The lowest BCUT2D eigenvalue weighted by atomic mass is 10.3. The minimum absolute atomic E-state index is 0.382. The van der Waals surface area contributed by atoms with Crippen LogP contribution >= 0.6 is 0 Å². The molecule has 0 amide bonds. The van der Waals surface area contributed by atoms with Gasteiger partial charge >= 0.3 is 6.16 Å². The lowest BCUT2D eigenvalue weighted by Gasteiger charge is -2.04. The Kier molecular flexibility index (Phi) is 8.31. The lowest BCUT2D eigenvalue weighted by Crippen LogP contribution is -2.08. The van der Waals surface area contributed by atoms with Crippen molar-refractivity contribution in [2.24, 2.45) is 0 Å². The molecule has 0 fully saturated rings. The maximum absolute atomic E-state index is 11.0. The number of carbonyl (C=O) groups is 1. The SMILES string of the molecule is CC(C)=CCCOC(=O)OCCC=C(C)C. The Bertz CT molecular complexity index is 230. The fourth-order valence-electron chi connectivity index (χ4n) is 1.02. The number of hydrogen-bond acceptors (Lipinski definition) is 3. The average Bonchev–Trinajstić information content (AvgIpc) is 2.19. The molecule has 16 heavy (non-hydrogen) atoms. The predicted octanol–water partition coefficient (Wildman–Crippen LogP) is 3.85. The first-order chi connectivity index (χ1) is 7.52. The fraction of sp³-hybridized carbons (Fsp3) is 0.615. The van der Waals surface area contributed by atoms with Crippen LogP contribution in [-0.4, -0.2) is 19.4 Å². The maximum Gasteiger partial charge on any atom is 0.508 e. The number of ether oxygens (including phenoxy) is 2. The number of allylic oxidation sites excluding steroid dienone is 2. The van der Waals surface area contributed by atoms with E-state index in [-0.39, 0.29) is 0 Å². The van der Waals surface area contributed by atoms with Crippen molar-refractivity contribution in [1.29, 1.82) is 0 Å². The molecule has 0 aliphatic rings. The van der Waals surface area contributed by atoms with E-state index in [0.29, 0.717) is 13.2 Å². The van der Waals surface area contributed by atoms with E-state index in [4.69, 9.17) is 9.47 Å². The van der Waals surface area contributed by atoms with Crippen molar-refractivity contribution in [3.05, 3.63) is 23.3 Å². The van der Waals surface area contributed by atoms with Gasteiger partial charge in [0.1, 0.15) is 0 Å². The average molecular weight is 226 g/mol. The minimum atomic E-state index is -0.579. The first-order valence-electron chi connectivity index (χ1n) is 5.58. The van der Waals surface area contributed by atoms with Crippen molar-refractivity contribution in [2.75, 3.05) is 13.2 Å². The molecule has 0 rings (SSSR count). The van der Waals surface area contributed by atoms with Crippen LogP contribution in [0.15, 0.2) is 23.3 Å². The van der Waals surface area contributed by atoms with Gasteiger partial charge in [-0.2, -0.15) is 0 Å². The van der Waals surface area contributed by atoms with Gasteiger partial charge in [-0.15, -0.1) is 0 Å². The van der Waals surface area contributed by atoms with Gasteiger partial charge in [0.2, 0.25) is 0 Å². The van der Waals surface area contributed by atoms with Crippen molar-refractivity contribution in [3.63, 3.8) is 0 Å². The zero-order valence-corrected chi connectivity index (χ0v) is 10.7. The summed E-state index contributed by atoms with van der Waals surface area (Å²) in [5.41, 5.74) is 2.45. The summed E-state index contributed by atoms with van der Waals surface area (Å²) in [6, 6.07) is 0. The molecule has 0 aromatic heterocycles. The highest BCUT2D eigenvalue weighted by Gasteiger charge is 2.01. The zero-order chi connectivity index (χ0) is 12.4. The number of hydrogen-bond donors (Lipinski definition) is 0. The Labute approximate surface area is 98.1 Å². The highest BCUT2D eigenvalue weighted by atomic mass is 16.7. The summed E-state index contributed by atoms with van der Waals surface area (Å²) in [7, 11) is 0. The molecule has 0 aromatic rings. The molecule has 0 saturated carbocycles. The van der Waals surface area contributed by atoms with Crippen molar-refractivity contribution >= 4 is 6.16 Å². The molecular formula is C13H22O3. The van der Waals surface area contributed by atoms with Crippen LogP contribution in [0.4, 0.5) is 4.79 Å². The second-order valence-electron chi connectivity index (χ2n) is 4.09. The minimum Gasteiger partial charge on any atom is -0.434 e. The third-order valence-electron chi connectivity index (χ3n) is 1.78. The molecule has 3 nitrogen and oxygen atoms in total. The monoisotopic (exact) mass is 226 g/mol. The van der Waals surface area contributed by atoms with Crippen LogP contribution in [0.1, 0.15) is 40.5 Å². The summed E-state index contributed by atoms with van der Waals surface area (Å²) >= 11 is 0. The molecule has 0 radical (unpaired) electrons. The Balaban J connectivity index is 3.45. The van der Waals surface area contributed by atoms with Gasteiger partial charge in [-0.25, -0.2) is 4.79 Å². The van der Waals surface area contributed by atoms with Gasteiger partial charge in [0.15, 0.2) is 0 Å². The van der Waals surface area contributed by atoms with E-state index in [9.17, 15) is 4.79 Å². The summed E-state index contributed by atoms with van der Waals surface area (Å²) in [6.07, 6.45) is 4.95. The van der Waals surface area contributed by atoms with Crippen molar-refractivity contribution in [1.82, 2.24) is 0 Å². The van der Waals surface area contributed by atoms with Crippen molar-refractivity contribution < 1.29 is 14.3 Å². The molecule has 0 N–H and O–H groups in total. The van der Waals surface area contributed by atoms with Crippen LogP contribution in [-0.2, 0) is 9.47 Å². The van der Waals surface area contributed by atoms with Crippen molar-refractivity contribution in [3.8, 4) is 0 Å². The third-order valence-corrected chi connectivity index (χ3v) is 1.78. The Morgan fingerprint density at radius 2 is 1.25 bits per heavy atom. The molecule has 3 heteroatoms. The molecular weight excluding hydrogens is 204 g/mol. The van der Waals surface area contributed by atoms with E-state index in [0.717, 1.165) is 12.8 Å². The third kappa shape index (κ3) is 10.8. The topological polar surface area (TPSA) is 35.5 Å². The van der Waals surface area contributed by atoms with Crippen LogP contribution in [0.25, 0.3) is 0 Å². The van der Waals surface area contributed by atoms with Gasteiger partial charge in [0.05, 0.1) is 13.2 Å². The molecule has 0 spiro atoms. The smallest absolute Gasteiger partial charge is 0.434 e. The summed E-state index contributed by atoms with van der Waals surface area (Å²) in [4.78, 5) is 11.0. The molecule has 0 aromatic carbocycles. The lowest BCUT2D eigenvalue weighted by molar-refractivity contribution is 0.0577. The number of carbonyl (C=O) groups excluding carboxylic acids is 1. The molecule has 0 heterocycles. The first kappa shape index (κ1) is 14.8. The molecule has 92 valence electrons. The Hall–Kier alpha value is -1.25. The molecule has 0 unspecified atom stereocenters. The molecule has 0 aliphatic carbocycles. The summed E-state index contributed by atoms with van der Waals surface area (Å²) < 4.78 is 9.75. The first-order valence-corrected chi connectivity index (χ1v) is 5.58. The normalized spacial score (nSPS) is 9.25. The van der Waals surface area contributed by atoms with Crippen LogP contribution in [0.3, 0.4) is 0 Å². The van der Waals surface area contributed by atoms with Gasteiger partial charge < -0.3 is 9.47 Å². The van der Waals surface area contributed by atoms with E-state index in [1.165, 1.54) is 11.1 Å². The second-order valence-corrected chi connectivity index (χ2v) is 4.09. The standard InChI is InChI=1S/C13H22O3/c1-11(2)7-5-9-15-13(14)16-10-6-8-12(3)4/h7-8H,5-6,9-10H2,1-4H3. The maximum atomic E-state index is 11.0. The zero-order valence-electron chi connectivity index (χ0n) is 10.7. The van der Waals surface area contributed by atoms with E-state index >= 15 is 0 Å². The van der Waals surface area contributed by atoms with Gasteiger partial charge in [-0.1, -0.05) is 23.3 Å². The van der Waals surface area contributed by atoms with Crippen LogP contribution in [0, 0.1) is 0 Å². The summed E-state index contributed by atoms with van der Waals surface area (Å²) in [6.45, 7) is 8.81. The molecule has 0 saturated heterocycles. The van der Waals surface area contributed by atoms with Gasteiger partial charge in [0, 0.05) is 0 Å². The van der Waals surface area contributed by atoms with E-state index in [1.807, 2.05) is 39.8 Å². The van der Waals surface area contributed by atoms with Crippen molar-refractivity contribution in [2.45, 2.75) is 40.5 Å².